The van der Waals surface area contributed by atoms with Crippen LogP contribution in [0.5, 0.6) is 5.75 Å². The summed E-state index contributed by atoms with van der Waals surface area (Å²) in [7, 11) is 0. The van der Waals surface area contributed by atoms with Gasteiger partial charge in [-0.05, 0) is 36.8 Å². The second kappa shape index (κ2) is 7.92. The van der Waals surface area contributed by atoms with Crippen molar-refractivity contribution in [1.82, 2.24) is 14.8 Å². The number of aromatic nitrogens is 3. The van der Waals surface area contributed by atoms with Crippen molar-refractivity contribution in [3.8, 4) is 5.75 Å². The van der Waals surface area contributed by atoms with Crippen LogP contribution in [0.1, 0.15) is 24.9 Å². The van der Waals surface area contributed by atoms with E-state index < -0.39 is 12.0 Å². The summed E-state index contributed by atoms with van der Waals surface area (Å²) in [5.41, 5.74) is 0.869. The van der Waals surface area contributed by atoms with Crippen LogP contribution < -0.4 is 15.4 Å². The fraction of sp³-hybridized carbons (Fsp3) is 0.200. The van der Waals surface area contributed by atoms with Crippen molar-refractivity contribution in [3.63, 3.8) is 0 Å². The first-order valence-corrected chi connectivity index (χ1v) is 9.42. The maximum Gasteiger partial charge on any atom is 0.267 e. The van der Waals surface area contributed by atoms with Crippen LogP contribution >= 0.6 is 11.6 Å². The Bertz CT molecular complexity index is 1040. The van der Waals surface area contributed by atoms with Gasteiger partial charge in [-0.2, -0.15) is 4.98 Å². The van der Waals surface area contributed by atoms with Gasteiger partial charge in [0.05, 0.1) is 12.5 Å². The Kier molecular flexibility index (Phi) is 5.18. The van der Waals surface area contributed by atoms with Crippen LogP contribution in [-0.4, -0.2) is 32.7 Å². The lowest BCUT2D eigenvalue weighted by molar-refractivity contribution is -0.122. The Morgan fingerprint density at radius 3 is 2.69 bits per heavy atom. The molecule has 0 saturated carbocycles. The third-order valence-electron chi connectivity index (χ3n) is 4.47. The van der Waals surface area contributed by atoms with Gasteiger partial charge in [-0.3, -0.25) is 20.2 Å². The molecule has 1 aromatic heterocycles. The van der Waals surface area contributed by atoms with Gasteiger partial charge in [0.2, 0.25) is 11.9 Å². The number of rotatable bonds is 5. The molecule has 1 aliphatic heterocycles. The van der Waals surface area contributed by atoms with E-state index in [2.05, 4.69) is 20.7 Å². The van der Waals surface area contributed by atoms with E-state index in [1.807, 2.05) is 30.3 Å². The van der Waals surface area contributed by atoms with Crippen LogP contribution in [0.25, 0.3) is 0 Å². The number of carbonyl (C=O) groups excluding carboxylic acids is 2. The molecule has 8 nitrogen and oxygen atoms in total. The van der Waals surface area contributed by atoms with Crippen LogP contribution in [0.4, 0.5) is 11.9 Å². The van der Waals surface area contributed by atoms with E-state index in [0.717, 1.165) is 5.56 Å². The van der Waals surface area contributed by atoms with Gasteiger partial charge >= 0.3 is 0 Å². The first-order valence-electron chi connectivity index (χ1n) is 9.04. The monoisotopic (exact) mass is 411 g/mol. The topological polar surface area (TPSA) is 98.1 Å². The molecule has 0 saturated heterocycles. The minimum absolute atomic E-state index is 0.0923. The SMILES string of the molecule is C[C@H](Oc1ccccc1)C(=O)Nc1nc2n(n1)[C@H](c1ccc(Cl)cc1)CC(=O)N2. The highest BCUT2D eigenvalue weighted by Crippen LogP contribution is 2.30. The van der Waals surface area contributed by atoms with Crippen molar-refractivity contribution in [2.75, 3.05) is 10.6 Å². The summed E-state index contributed by atoms with van der Waals surface area (Å²) in [6.45, 7) is 1.64. The molecule has 0 spiro atoms. The number of hydrogen-bond donors (Lipinski definition) is 2. The summed E-state index contributed by atoms with van der Waals surface area (Å²) < 4.78 is 7.20. The van der Waals surface area contributed by atoms with Gasteiger partial charge in [0, 0.05) is 5.02 Å². The van der Waals surface area contributed by atoms with E-state index in [-0.39, 0.29) is 30.3 Å². The highest BCUT2D eigenvalue weighted by atomic mass is 35.5. The Hall–Kier alpha value is -3.39. The number of benzene rings is 2. The molecular formula is C20H18ClN5O3. The Balaban J connectivity index is 1.51. The van der Waals surface area contributed by atoms with Gasteiger partial charge in [0.15, 0.2) is 6.10 Å². The number of nitrogens with zero attached hydrogens (tertiary/aromatic N) is 3. The number of nitrogens with one attached hydrogen (secondary N) is 2. The van der Waals surface area contributed by atoms with E-state index in [0.29, 0.717) is 10.8 Å². The Labute approximate surface area is 171 Å². The molecule has 1 aliphatic rings. The van der Waals surface area contributed by atoms with Gasteiger partial charge in [-0.1, -0.05) is 41.9 Å². The fourth-order valence-corrected chi connectivity index (χ4v) is 3.16. The minimum atomic E-state index is -0.750. The van der Waals surface area contributed by atoms with E-state index in [1.54, 1.807) is 35.9 Å². The number of ether oxygens (including phenoxy) is 1. The van der Waals surface area contributed by atoms with Gasteiger partial charge in [-0.25, -0.2) is 4.68 Å². The summed E-state index contributed by atoms with van der Waals surface area (Å²) in [4.78, 5) is 28.8. The minimum Gasteiger partial charge on any atom is -0.481 e. The molecule has 0 fully saturated rings. The number of anilines is 2. The molecule has 0 bridgehead atoms. The summed E-state index contributed by atoms with van der Waals surface area (Å²) >= 11 is 5.96. The van der Waals surface area contributed by atoms with Crippen molar-refractivity contribution in [2.45, 2.75) is 25.5 Å². The lowest BCUT2D eigenvalue weighted by Gasteiger charge is -2.23. The molecule has 2 atom stereocenters. The molecule has 29 heavy (non-hydrogen) atoms. The zero-order valence-electron chi connectivity index (χ0n) is 15.5. The van der Waals surface area contributed by atoms with Crippen molar-refractivity contribution in [3.05, 3.63) is 65.2 Å². The third-order valence-corrected chi connectivity index (χ3v) is 4.72. The summed E-state index contributed by atoms with van der Waals surface area (Å²) in [6.07, 6.45) is -0.543. The van der Waals surface area contributed by atoms with Gasteiger partial charge < -0.3 is 4.74 Å². The Morgan fingerprint density at radius 2 is 1.97 bits per heavy atom. The average Bonchev–Trinajstić information content (AvgIpc) is 3.10. The van der Waals surface area contributed by atoms with Gasteiger partial charge in [0.1, 0.15) is 5.75 Å². The van der Waals surface area contributed by atoms with Crippen LogP contribution in [0.3, 0.4) is 0 Å². The maximum absolute atomic E-state index is 12.5. The number of carbonyl (C=O) groups is 2. The first kappa shape index (κ1) is 18.9. The number of fused-ring (bicyclic) bond motifs is 1. The normalized spacial score (nSPS) is 16.5. The smallest absolute Gasteiger partial charge is 0.267 e. The van der Waals surface area contributed by atoms with Crippen LogP contribution in [0, 0.1) is 0 Å². The third kappa shape index (κ3) is 4.22. The second-order valence-corrected chi connectivity index (χ2v) is 7.02. The highest BCUT2D eigenvalue weighted by Gasteiger charge is 2.30. The number of para-hydroxylation sites is 1. The van der Waals surface area contributed by atoms with Crippen molar-refractivity contribution in [1.29, 1.82) is 0 Å². The number of halogens is 1. The lowest BCUT2D eigenvalue weighted by atomic mass is 10.0. The van der Waals surface area contributed by atoms with E-state index in [9.17, 15) is 9.59 Å². The predicted molar refractivity (Wildman–Crippen MR) is 108 cm³/mol. The highest BCUT2D eigenvalue weighted by molar-refractivity contribution is 6.30. The van der Waals surface area contributed by atoms with Crippen molar-refractivity contribution >= 4 is 35.3 Å². The van der Waals surface area contributed by atoms with Gasteiger partial charge in [-0.15, -0.1) is 5.10 Å². The molecule has 0 radical (unpaired) electrons. The molecular weight excluding hydrogens is 394 g/mol. The zero-order chi connectivity index (χ0) is 20.4. The van der Waals surface area contributed by atoms with Gasteiger partial charge in [0.25, 0.3) is 11.9 Å². The molecule has 0 aliphatic carbocycles. The maximum atomic E-state index is 12.5. The lowest BCUT2D eigenvalue weighted by Crippen LogP contribution is -2.30. The van der Waals surface area contributed by atoms with E-state index in [1.165, 1.54) is 0 Å². The average molecular weight is 412 g/mol. The number of amides is 2. The quantitative estimate of drug-likeness (QED) is 0.671. The molecule has 2 heterocycles. The van der Waals surface area contributed by atoms with Crippen LogP contribution in [0.2, 0.25) is 5.02 Å². The number of hydrogen-bond acceptors (Lipinski definition) is 5. The molecule has 0 unspecified atom stereocenters. The second-order valence-electron chi connectivity index (χ2n) is 6.59. The standard InChI is InChI=1S/C20H18ClN5O3/c1-12(29-15-5-3-2-4-6-15)18(28)23-19-24-20-22-17(27)11-16(26(20)25-19)13-7-9-14(21)10-8-13/h2-10,12,16H,11H2,1H3,(H2,22,23,24,25,27,28)/t12-,16-/m0/s1. The molecule has 148 valence electrons. The molecule has 2 amide bonds. The Morgan fingerprint density at radius 1 is 1.24 bits per heavy atom. The van der Waals surface area contributed by atoms with E-state index in [4.69, 9.17) is 16.3 Å². The summed E-state index contributed by atoms with van der Waals surface area (Å²) in [5.74, 6) is 0.375. The predicted octanol–water partition coefficient (Wildman–Crippen LogP) is 3.27. The van der Waals surface area contributed by atoms with E-state index >= 15 is 0 Å². The molecule has 9 heteroatoms. The van der Waals surface area contributed by atoms with Crippen molar-refractivity contribution in [2.24, 2.45) is 0 Å². The van der Waals surface area contributed by atoms with Crippen molar-refractivity contribution < 1.29 is 14.3 Å². The molecule has 4 rings (SSSR count). The molecule has 2 aromatic carbocycles. The molecule has 2 N–H and O–H groups in total. The zero-order valence-corrected chi connectivity index (χ0v) is 16.3. The summed E-state index contributed by atoms with van der Waals surface area (Å²) in [5, 5.41) is 10.3. The first-order chi connectivity index (χ1) is 14.0. The molecule has 3 aromatic rings. The van der Waals surface area contributed by atoms with Crippen LogP contribution in [0.15, 0.2) is 54.6 Å². The fourth-order valence-electron chi connectivity index (χ4n) is 3.03. The summed E-state index contributed by atoms with van der Waals surface area (Å²) in [6, 6.07) is 15.9. The largest absolute Gasteiger partial charge is 0.481 e. The van der Waals surface area contributed by atoms with Crippen LogP contribution in [-0.2, 0) is 9.59 Å².